The van der Waals surface area contributed by atoms with Crippen LogP contribution >= 0.6 is 0 Å². The molecule has 260 valence electrons. The number of hydrogen-bond acceptors (Lipinski definition) is 8. The highest BCUT2D eigenvalue weighted by molar-refractivity contribution is 6.23. The van der Waals surface area contributed by atoms with Crippen LogP contribution in [0.1, 0.15) is 123 Å². The summed E-state index contributed by atoms with van der Waals surface area (Å²) < 4.78 is 0. The Kier molecular flexibility index (Phi) is 13.8. The van der Waals surface area contributed by atoms with Gasteiger partial charge in [0.05, 0.1) is 22.6 Å². The molecule has 0 fully saturated rings. The number of oxime groups is 2. The lowest BCUT2D eigenvalue weighted by Crippen LogP contribution is -2.24. The summed E-state index contributed by atoms with van der Waals surface area (Å²) in [6.45, 7) is 20.8. The minimum Gasteiger partial charge on any atom is -0.511 e. The molecule has 8 nitrogen and oxygen atoms in total. The van der Waals surface area contributed by atoms with Crippen molar-refractivity contribution in [3.63, 3.8) is 0 Å². The lowest BCUT2D eigenvalue weighted by Gasteiger charge is -2.27. The number of carbonyl (C=O) groups is 2. The maximum atomic E-state index is 12.7. The highest BCUT2D eigenvalue weighted by Crippen LogP contribution is 2.39. The quantitative estimate of drug-likeness (QED) is 0.194. The van der Waals surface area contributed by atoms with E-state index in [1.807, 2.05) is 27.7 Å². The van der Waals surface area contributed by atoms with Crippen LogP contribution in [0.5, 0.6) is 0 Å². The molecule has 2 aliphatic carbocycles. The minimum absolute atomic E-state index is 0.0204. The van der Waals surface area contributed by atoms with Gasteiger partial charge in [-0.1, -0.05) is 59.6 Å². The van der Waals surface area contributed by atoms with E-state index in [0.717, 1.165) is 0 Å². The fourth-order valence-electron chi connectivity index (χ4n) is 7.38. The van der Waals surface area contributed by atoms with E-state index in [1.54, 1.807) is 0 Å². The van der Waals surface area contributed by atoms with Crippen molar-refractivity contribution >= 4 is 23.0 Å². The van der Waals surface area contributed by atoms with Crippen LogP contribution in [-0.4, -0.2) is 46.4 Å². The molecule has 0 aliphatic heterocycles. The minimum atomic E-state index is -0.0524. The SMILES string of the molecule is CCO/N=C(/CC)C1=C(O)CC(c2c(C)cc(C)cc2C)CC1=O.CCO/N=C(\CC)C1=C(O)CC(c2c(C)cc(C)cc2C)CC1=O. The first-order valence-electron chi connectivity index (χ1n) is 17.2. The molecular formula is C40H54N2O6. The number of aliphatic hydroxyl groups excluding tert-OH is 2. The molecule has 2 aromatic rings. The number of rotatable bonds is 10. The van der Waals surface area contributed by atoms with Gasteiger partial charge in [-0.3, -0.25) is 9.59 Å². The number of aliphatic hydroxyl groups is 2. The Morgan fingerprint density at radius 1 is 0.604 bits per heavy atom. The average Bonchev–Trinajstić information content (AvgIpc) is 2.99. The Balaban J connectivity index is 0.000000260. The summed E-state index contributed by atoms with van der Waals surface area (Å²) in [6.07, 6.45) is 2.84. The van der Waals surface area contributed by atoms with E-state index in [1.165, 1.54) is 44.5 Å². The maximum absolute atomic E-state index is 12.7. The molecule has 0 amide bonds. The number of nitrogens with zero attached hydrogens (tertiary/aromatic N) is 2. The fraction of sp³-hybridized carbons (Fsp3) is 0.500. The van der Waals surface area contributed by atoms with Crippen LogP contribution in [0.2, 0.25) is 0 Å². The third kappa shape index (κ3) is 9.03. The van der Waals surface area contributed by atoms with Gasteiger partial charge >= 0.3 is 0 Å². The first kappa shape index (κ1) is 38.2. The molecule has 0 aromatic heterocycles. The van der Waals surface area contributed by atoms with Crippen molar-refractivity contribution in [2.75, 3.05) is 13.2 Å². The monoisotopic (exact) mass is 658 g/mol. The molecule has 2 atom stereocenters. The molecule has 0 spiro atoms. The second-order valence-electron chi connectivity index (χ2n) is 12.9. The normalized spacial score (nSPS) is 19.0. The van der Waals surface area contributed by atoms with Gasteiger partial charge in [0.25, 0.3) is 0 Å². The van der Waals surface area contributed by atoms with Gasteiger partial charge in [0.2, 0.25) is 0 Å². The zero-order valence-electron chi connectivity index (χ0n) is 30.5. The highest BCUT2D eigenvalue weighted by Gasteiger charge is 2.34. The van der Waals surface area contributed by atoms with E-state index >= 15 is 0 Å². The molecule has 2 unspecified atom stereocenters. The van der Waals surface area contributed by atoms with E-state index < -0.39 is 0 Å². The standard InChI is InChI=1S/2C20H27NO3/c2*1-6-16(21-24-7-2)20-17(22)10-15(11-18(20)23)19-13(4)8-12(3)9-14(19)5/h2*8-9,15,22H,6-7,10-11H2,1-5H3/b21-16+;21-16-. The zero-order valence-corrected chi connectivity index (χ0v) is 30.5. The largest absolute Gasteiger partial charge is 0.511 e. The van der Waals surface area contributed by atoms with Crippen LogP contribution in [0.3, 0.4) is 0 Å². The lowest BCUT2D eigenvalue weighted by molar-refractivity contribution is -0.117. The molecule has 2 N–H and O–H groups in total. The van der Waals surface area contributed by atoms with E-state index in [0.29, 0.717) is 74.3 Å². The second-order valence-corrected chi connectivity index (χ2v) is 12.9. The molecule has 8 heteroatoms. The number of benzene rings is 2. The number of allylic oxidation sites excluding steroid dienone is 4. The van der Waals surface area contributed by atoms with Gasteiger partial charge in [-0.2, -0.15) is 0 Å². The van der Waals surface area contributed by atoms with Crippen LogP contribution in [0, 0.1) is 41.5 Å². The van der Waals surface area contributed by atoms with Gasteiger partial charge in [-0.05, 0) is 113 Å². The molecule has 2 aliphatic rings. The maximum Gasteiger partial charge on any atom is 0.168 e. The predicted molar refractivity (Wildman–Crippen MR) is 193 cm³/mol. The third-order valence-corrected chi connectivity index (χ3v) is 9.03. The summed E-state index contributed by atoms with van der Waals surface area (Å²) in [6, 6.07) is 8.54. The molecule has 4 rings (SSSR count). The molecular weight excluding hydrogens is 604 g/mol. The zero-order chi connectivity index (χ0) is 35.7. The molecule has 0 heterocycles. The van der Waals surface area contributed by atoms with Crippen molar-refractivity contribution < 1.29 is 29.5 Å². The van der Waals surface area contributed by atoms with Crippen LogP contribution in [0.15, 0.2) is 57.2 Å². The van der Waals surface area contributed by atoms with Gasteiger partial charge in [0.1, 0.15) is 24.7 Å². The van der Waals surface area contributed by atoms with Crippen molar-refractivity contribution in [2.45, 2.75) is 120 Å². The predicted octanol–water partition coefficient (Wildman–Crippen LogP) is 9.35. The Hall–Kier alpha value is -4.20. The highest BCUT2D eigenvalue weighted by atomic mass is 16.6. The van der Waals surface area contributed by atoms with Gasteiger partial charge < -0.3 is 19.9 Å². The molecule has 0 saturated heterocycles. The van der Waals surface area contributed by atoms with Crippen molar-refractivity contribution in [3.05, 3.63) is 91.4 Å². The van der Waals surface area contributed by atoms with Crippen LogP contribution in [-0.2, 0) is 19.3 Å². The first-order chi connectivity index (χ1) is 22.8. The number of Topliss-reactive ketones (excluding diaryl/α,β-unsaturated/α-hetero) is 2. The second kappa shape index (κ2) is 17.3. The molecule has 0 saturated carbocycles. The number of aryl methyl sites for hydroxylation is 6. The number of carbonyl (C=O) groups excluding carboxylic acids is 2. The van der Waals surface area contributed by atoms with Gasteiger partial charge in [-0.15, -0.1) is 0 Å². The number of ketones is 2. The summed E-state index contributed by atoms with van der Waals surface area (Å²) in [4.78, 5) is 35.6. The molecule has 2 aromatic carbocycles. The van der Waals surface area contributed by atoms with Crippen molar-refractivity contribution in [1.82, 2.24) is 0 Å². The van der Waals surface area contributed by atoms with Crippen LogP contribution in [0.4, 0.5) is 0 Å². The molecule has 0 bridgehead atoms. The topological polar surface area (TPSA) is 118 Å². The number of hydrogen-bond donors (Lipinski definition) is 2. The molecule has 0 radical (unpaired) electrons. The summed E-state index contributed by atoms with van der Waals surface area (Å²) in [5.74, 6) is 0.206. The Morgan fingerprint density at radius 2 is 0.917 bits per heavy atom. The summed E-state index contributed by atoms with van der Waals surface area (Å²) in [5.41, 5.74) is 11.3. The van der Waals surface area contributed by atoms with E-state index in [2.05, 4.69) is 76.1 Å². The van der Waals surface area contributed by atoms with E-state index in [-0.39, 0.29) is 34.9 Å². The van der Waals surface area contributed by atoms with Crippen LogP contribution in [0.25, 0.3) is 0 Å². The Labute approximate surface area is 286 Å². The third-order valence-electron chi connectivity index (χ3n) is 9.03. The lowest BCUT2D eigenvalue weighted by atomic mass is 9.78. The van der Waals surface area contributed by atoms with Crippen molar-refractivity contribution in [2.24, 2.45) is 10.3 Å². The van der Waals surface area contributed by atoms with Crippen LogP contribution < -0.4 is 0 Å². The van der Waals surface area contributed by atoms with Gasteiger partial charge in [0, 0.05) is 25.7 Å². The van der Waals surface area contributed by atoms with Crippen molar-refractivity contribution in [3.8, 4) is 0 Å². The Bertz CT molecular complexity index is 1480. The smallest absolute Gasteiger partial charge is 0.168 e. The van der Waals surface area contributed by atoms with Gasteiger partial charge in [-0.25, -0.2) is 0 Å². The average molecular weight is 659 g/mol. The van der Waals surface area contributed by atoms with Crippen molar-refractivity contribution in [1.29, 1.82) is 0 Å². The Morgan fingerprint density at radius 3 is 1.17 bits per heavy atom. The molecule has 48 heavy (non-hydrogen) atoms. The summed E-state index contributed by atoms with van der Waals surface area (Å²) in [7, 11) is 0. The summed E-state index contributed by atoms with van der Waals surface area (Å²) in [5, 5.41) is 29.1. The van der Waals surface area contributed by atoms with Gasteiger partial charge in [0.15, 0.2) is 11.6 Å². The fourth-order valence-corrected chi connectivity index (χ4v) is 7.38. The van der Waals surface area contributed by atoms with E-state index in [9.17, 15) is 19.8 Å². The first-order valence-corrected chi connectivity index (χ1v) is 17.2. The summed E-state index contributed by atoms with van der Waals surface area (Å²) >= 11 is 0. The van der Waals surface area contributed by atoms with E-state index in [4.69, 9.17) is 9.68 Å².